The van der Waals surface area contributed by atoms with Crippen molar-refractivity contribution < 1.29 is 9.53 Å². The monoisotopic (exact) mass is 434 g/mol. The van der Waals surface area contributed by atoms with Crippen molar-refractivity contribution in [2.45, 2.75) is 26.7 Å². The summed E-state index contributed by atoms with van der Waals surface area (Å²) in [6.07, 6.45) is 0. The van der Waals surface area contributed by atoms with Crippen molar-refractivity contribution in [1.82, 2.24) is 15.0 Å². The molecule has 0 unspecified atom stereocenters. The topological polar surface area (TPSA) is 69.0 Å². The van der Waals surface area contributed by atoms with Gasteiger partial charge in [0.15, 0.2) is 6.61 Å². The number of carbonyl (C=O) groups is 1. The highest BCUT2D eigenvalue weighted by Crippen LogP contribution is 2.22. The average Bonchev–Trinajstić information content (AvgIpc) is 3.18. The zero-order chi connectivity index (χ0) is 22.0. The van der Waals surface area contributed by atoms with Crippen LogP contribution >= 0.6 is 11.6 Å². The van der Waals surface area contributed by atoms with Gasteiger partial charge < -0.3 is 10.1 Å². The number of fused-ring (bicyclic) bond motifs is 1. The van der Waals surface area contributed by atoms with Crippen molar-refractivity contribution in [3.63, 3.8) is 0 Å². The van der Waals surface area contributed by atoms with E-state index in [2.05, 4.69) is 41.5 Å². The fourth-order valence-corrected chi connectivity index (χ4v) is 3.27. The van der Waals surface area contributed by atoms with Crippen LogP contribution in [0.2, 0.25) is 5.02 Å². The van der Waals surface area contributed by atoms with E-state index in [0.717, 1.165) is 16.8 Å². The van der Waals surface area contributed by atoms with Crippen LogP contribution in [0, 0.1) is 6.92 Å². The second-order valence-electron chi connectivity index (χ2n) is 7.69. The third-order valence-electron chi connectivity index (χ3n) is 4.95. The zero-order valence-corrected chi connectivity index (χ0v) is 18.3. The van der Waals surface area contributed by atoms with E-state index in [9.17, 15) is 4.79 Å². The molecule has 0 saturated carbocycles. The number of nitrogens with zero attached hydrogens (tertiary/aromatic N) is 3. The first-order valence-electron chi connectivity index (χ1n) is 10.1. The van der Waals surface area contributed by atoms with Gasteiger partial charge >= 0.3 is 0 Å². The summed E-state index contributed by atoms with van der Waals surface area (Å²) < 4.78 is 5.55. The molecule has 4 aromatic rings. The Balaban J connectivity index is 1.43. The highest BCUT2D eigenvalue weighted by molar-refractivity contribution is 6.31. The number of nitrogens with one attached hydrogen (secondary N) is 1. The van der Waals surface area contributed by atoms with E-state index in [4.69, 9.17) is 16.3 Å². The Morgan fingerprint density at radius 1 is 1.03 bits per heavy atom. The maximum atomic E-state index is 12.3. The molecule has 1 amide bonds. The first-order valence-corrected chi connectivity index (χ1v) is 10.4. The van der Waals surface area contributed by atoms with Crippen LogP contribution in [-0.2, 0) is 4.79 Å². The molecule has 0 aliphatic carbocycles. The van der Waals surface area contributed by atoms with Gasteiger partial charge in [0.1, 0.15) is 16.8 Å². The van der Waals surface area contributed by atoms with Crippen LogP contribution in [0.4, 0.5) is 5.69 Å². The molecule has 4 rings (SSSR count). The molecule has 0 atom stereocenters. The Kier molecular flexibility index (Phi) is 5.91. The minimum Gasteiger partial charge on any atom is -0.484 e. The SMILES string of the molecule is Cc1cc(OCC(=O)Nc2ccc3nn(-c4ccc(C(C)C)cc4)nc3c2)ccc1Cl. The van der Waals surface area contributed by atoms with Crippen LogP contribution in [0.25, 0.3) is 16.7 Å². The molecular weight excluding hydrogens is 412 g/mol. The van der Waals surface area contributed by atoms with Crippen molar-refractivity contribution in [1.29, 1.82) is 0 Å². The highest BCUT2D eigenvalue weighted by Gasteiger charge is 2.09. The van der Waals surface area contributed by atoms with Crippen molar-refractivity contribution in [2.75, 3.05) is 11.9 Å². The number of carbonyl (C=O) groups excluding carboxylic acids is 1. The summed E-state index contributed by atoms with van der Waals surface area (Å²) in [7, 11) is 0. The second kappa shape index (κ2) is 8.78. The lowest BCUT2D eigenvalue weighted by atomic mass is 10.0. The molecular formula is C24H23ClN4O2. The van der Waals surface area contributed by atoms with Gasteiger partial charge in [-0.1, -0.05) is 37.6 Å². The van der Waals surface area contributed by atoms with Gasteiger partial charge in [0.05, 0.1) is 5.69 Å². The number of aromatic nitrogens is 3. The number of anilines is 1. The lowest BCUT2D eigenvalue weighted by molar-refractivity contribution is -0.118. The number of halogens is 1. The minimum absolute atomic E-state index is 0.103. The zero-order valence-electron chi connectivity index (χ0n) is 17.6. The molecule has 0 aliphatic heterocycles. The molecule has 7 heteroatoms. The molecule has 1 aromatic heterocycles. The highest BCUT2D eigenvalue weighted by atomic mass is 35.5. The van der Waals surface area contributed by atoms with Crippen LogP contribution in [0.5, 0.6) is 5.75 Å². The third kappa shape index (κ3) is 4.86. The predicted molar refractivity (Wildman–Crippen MR) is 123 cm³/mol. The molecule has 1 N–H and O–H groups in total. The van der Waals surface area contributed by atoms with Gasteiger partial charge in [0.25, 0.3) is 5.91 Å². The summed E-state index contributed by atoms with van der Waals surface area (Å²) in [5, 5.41) is 12.6. The second-order valence-corrected chi connectivity index (χ2v) is 8.09. The van der Waals surface area contributed by atoms with Crippen LogP contribution < -0.4 is 10.1 Å². The lowest BCUT2D eigenvalue weighted by Crippen LogP contribution is -2.20. The molecule has 1 heterocycles. The minimum atomic E-state index is -0.261. The van der Waals surface area contributed by atoms with Crippen LogP contribution in [0.3, 0.4) is 0 Å². The maximum Gasteiger partial charge on any atom is 0.262 e. The summed E-state index contributed by atoms with van der Waals surface area (Å²) in [6.45, 7) is 6.10. The Morgan fingerprint density at radius 3 is 2.48 bits per heavy atom. The average molecular weight is 435 g/mol. The van der Waals surface area contributed by atoms with E-state index >= 15 is 0 Å². The number of amides is 1. The molecule has 0 fully saturated rings. The van der Waals surface area contributed by atoms with Crippen molar-refractivity contribution >= 4 is 34.2 Å². The molecule has 6 nitrogen and oxygen atoms in total. The van der Waals surface area contributed by atoms with Gasteiger partial charge in [-0.05, 0) is 72.5 Å². The van der Waals surface area contributed by atoms with E-state index in [1.54, 1.807) is 35.1 Å². The van der Waals surface area contributed by atoms with Gasteiger partial charge in [-0.25, -0.2) is 0 Å². The van der Waals surface area contributed by atoms with Crippen LogP contribution in [0.15, 0.2) is 60.7 Å². The number of benzene rings is 3. The van der Waals surface area contributed by atoms with Crippen molar-refractivity contribution in [2.24, 2.45) is 0 Å². The molecule has 158 valence electrons. The van der Waals surface area contributed by atoms with Crippen LogP contribution in [0.1, 0.15) is 30.9 Å². The van der Waals surface area contributed by atoms with E-state index in [1.165, 1.54) is 5.56 Å². The number of ether oxygens (including phenoxy) is 1. The summed E-state index contributed by atoms with van der Waals surface area (Å²) in [5.41, 5.74) is 5.13. The van der Waals surface area contributed by atoms with Gasteiger partial charge in [0, 0.05) is 10.7 Å². The van der Waals surface area contributed by atoms with Crippen molar-refractivity contribution in [3.05, 3.63) is 76.8 Å². The first-order chi connectivity index (χ1) is 14.9. The van der Waals surface area contributed by atoms with E-state index < -0.39 is 0 Å². The van der Waals surface area contributed by atoms with E-state index in [0.29, 0.717) is 27.9 Å². The molecule has 31 heavy (non-hydrogen) atoms. The number of hydrogen-bond donors (Lipinski definition) is 1. The Morgan fingerprint density at radius 2 is 1.77 bits per heavy atom. The largest absolute Gasteiger partial charge is 0.484 e. The van der Waals surface area contributed by atoms with Crippen molar-refractivity contribution in [3.8, 4) is 11.4 Å². The molecule has 0 saturated heterocycles. The quantitative estimate of drug-likeness (QED) is 0.433. The summed E-state index contributed by atoms with van der Waals surface area (Å²) in [6, 6.07) is 18.9. The number of hydrogen-bond acceptors (Lipinski definition) is 4. The fraction of sp³-hybridized carbons (Fsp3) is 0.208. The molecule has 0 bridgehead atoms. The summed E-state index contributed by atoms with van der Waals surface area (Å²) >= 11 is 6.01. The van der Waals surface area contributed by atoms with Gasteiger partial charge in [-0.2, -0.15) is 4.80 Å². The Bertz CT molecular complexity index is 1230. The lowest BCUT2D eigenvalue weighted by Gasteiger charge is -2.08. The normalized spacial score (nSPS) is 11.1. The third-order valence-corrected chi connectivity index (χ3v) is 5.38. The first kappa shape index (κ1) is 20.9. The maximum absolute atomic E-state index is 12.3. The molecule has 0 spiro atoms. The fourth-order valence-electron chi connectivity index (χ4n) is 3.15. The van der Waals surface area contributed by atoms with Gasteiger partial charge in [-0.15, -0.1) is 10.2 Å². The van der Waals surface area contributed by atoms with Crippen LogP contribution in [-0.4, -0.2) is 27.5 Å². The number of rotatable bonds is 6. The molecule has 3 aromatic carbocycles. The molecule has 0 aliphatic rings. The standard InChI is InChI=1S/C24H23ClN4O2/c1-15(2)17-4-7-19(8-5-17)29-27-22-11-6-18(13-23(22)28-29)26-24(30)14-31-20-9-10-21(25)16(3)12-20/h4-13,15H,14H2,1-3H3,(H,26,30). The Labute approximate surface area is 185 Å². The summed E-state index contributed by atoms with van der Waals surface area (Å²) in [5.74, 6) is 0.806. The molecule has 0 radical (unpaired) electrons. The summed E-state index contributed by atoms with van der Waals surface area (Å²) in [4.78, 5) is 13.9. The Hall–Kier alpha value is -3.38. The smallest absolute Gasteiger partial charge is 0.262 e. The van der Waals surface area contributed by atoms with Gasteiger partial charge in [-0.3, -0.25) is 4.79 Å². The van der Waals surface area contributed by atoms with E-state index in [-0.39, 0.29) is 12.5 Å². The van der Waals surface area contributed by atoms with Gasteiger partial charge in [0.2, 0.25) is 0 Å². The van der Waals surface area contributed by atoms with E-state index in [1.807, 2.05) is 25.1 Å². The number of aryl methyl sites for hydroxylation is 1. The predicted octanol–water partition coefficient (Wildman–Crippen LogP) is 5.52.